The van der Waals surface area contributed by atoms with E-state index in [4.69, 9.17) is 0 Å². The number of nitrogens with zero attached hydrogens (tertiary/aromatic N) is 4. The minimum absolute atomic E-state index is 0.225. The van der Waals surface area contributed by atoms with Gasteiger partial charge in [-0.1, -0.05) is 0 Å². The fourth-order valence-corrected chi connectivity index (χ4v) is 2.11. The highest BCUT2D eigenvalue weighted by molar-refractivity contribution is 9.10. The topological polar surface area (TPSA) is 52.7 Å². The Morgan fingerprint density at radius 1 is 1.39 bits per heavy atom. The molecule has 0 atom stereocenters. The summed E-state index contributed by atoms with van der Waals surface area (Å²) in [5.74, 6) is 0. The SMILES string of the molecule is CCn1cc(Cn2c(C)c(Br)c(C)nc2=O)cn1. The Balaban J connectivity index is 2.40. The molecular weight excluding hydrogens is 296 g/mol. The lowest BCUT2D eigenvalue weighted by Gasteiger charge is -2.10. The van der Waals surface area contributed by atoms with E-state index >= 15 is 0 Å². The summed E-state index contributed by atoms with van der Waals surface area (Å²) < 4.78 is 4.37. The quantitative estimate of drug-likeness (QED) is 0.870. The van der Waals surface area contributed by atoms with E-state index in [0.29, 0.717) is 6.54 Å². The van der Waals surface area contributed by atoms with Gasteiger partial charge in [0.05, 0.1) is 22.9 Å². The Morgan fingerprint density at radius 2 is 2.11 bits per heavy atom. The van der Waals surface area contributed by atoms with E-state index in [1.54, 1.807) is 10.8 Å². The van der Waals surface area contributed by atoms with Crippen LogP contribution in [0.4, 0.5) is 0 Å². The Labute approximate surface area is 114 Å². The van der Waals surface area contributed by atoms with E-state index < -0.39 is 0 Å². The molecule has 0 saturated heterocycles. The minimum Gasteiger partial charge on any atom is -0.291 e. The zero-order valence-corrected chi connectivity index (χ0v) is 12.2. The maximum atomic E-state index is 11.9. The van der Waals surface area contributed by atoms with Crippen LogP contribution in [0.1, 0.15) is 23.9 Å². The van der Waals surface area contributed by atoms with Crippen molar-refractivity contribution in [3.8, 4) is 0 Å². The fraction of sp³-hybridized carbons (Fsp3) is 0.417. The van der Waals surface area contributed by atoms with Gasteiger partial charge in [-0.05, 0) is 36.7 Å². The van der Waals surface area contributed by atoms with E-state index in [-0.39, 0.29) is 5.69 Å². The summed E-state index contributed by atoms with van der Waals surface area (Å²) in [6.45, 7) is 7.07. The maximum Gasteiger partial charge on any atom is 0.348 e. The largest absolute Gasteiger partial charge is 0.348 e. The molecular formula is C12H15BrN4O. The van der Waals surface area contributed by atoms with E-state index in [9.17, 15) is 4.79 Å². The predicted octanol–water partition coefficient (Wildman–Crippen LogP) is 1.89. The highest BCUT2D eigenvalue weighted by Gasteiger charge is 2.10. The van der Waals surface area contributed by atoms with Crippen LogP contribution in [0.2, 0.25) is 0 Å². The summed E-state index contributed by atoms with van der Waals surface area (Å²) in [5, 5.41) is 4.20. The van der Waals surface area contributed by atoms with Gasteiger partial charge in [-0.15, -0.1) is 0 Å². The van der Waals surface area contributed by atoms with Crippen LogP contribution in [0, 0.1) is 13.8 Å². The van der Waals surface area contributed by atoms with Gasteiger partial charge in [0.15, 0.2) is 0 Å². The lowest BCUT2D eigenvalue weighted by Crippen LogP contribution is -2.26. The molecule has 0 bridgehead atoms. The molecule has 5 nitrogen and oxygen atoms in total. The lowest BCUT2D eigenvalue weighted by molar-refractivity contribution is 0.655. The molecule has 0 radical (unpaired) electrons. The predicted molar refractivity (Wildman–Crippen MR) is 72.7 cm³/mol. The van der Waals surface area contributed by atoms with Crippen molar-refractivity contribution in [3.63, 3.8) is 0 Å². The van der Waals surface area contributed by atoms with Gasteiger partial charge in [-0.2, -0.15) is 10.1 Å². The van der Waals surface area contributed by atoms with Crippen molar-refractivity contribution >= 4 is 15.9 Å². The highest BCUT2D eigenvalue weighted by atomic mass is 79.9. The molecule has 96 valence electrons. The van der Waals surface area contributed by atoms with Crippen LogP contribution >= 0.6 is 15.9 Å². The number of hydrogen-bond acceptors (Lipinski definition) is 3. The van der Waals surface area contributed by atoms with E-state index in [0.717, 1.165) is 28.0 Å². The zero-order valence-electron chi connectivity index (χ0n) is 10.6. The number of aromatic nitrogens is 4. The molecule has 0 fully saturated rings. The highest BCUT2D eigenvalue weighted by Crippen LogP contribution is 2.17. The average molecular weight is 311 g/mol. The fourth-order valence-electron chi connectivity index (χ4n) is 1.81. The summed E-state index contributed by atoms with van der Waals surface area (Å²) in [6, 6.07) is 0. The van der Waals surface area contributed by atoms with E-state index in [1.807, 2.05) is 31.6 Å². The molecule has 0 saturated carbocycles. The normalized spacial score (nSPS) is 10.9. The molecule has 0 aliphatic carbocycles. The second-order valence-electron chi connectivity index (χ2n) is 4.17. The van der Waals surface area contributed by atoms with Crippen molar-refractivity contribution in [1.82, 2.24) is 19.3 Å². The number of halogens is 1. The van der Waals surface area contributed by atoms with Crippen LogP contribution in [0.25, 0.3) is 0 Å². The van der Waals surface area contributed by atoms with Crippen molar-refractivity contribution < 1.29 is 0 Å². The molecule has 0 N–H and O–H groups in total. The summed E-state index contributed by atoms with van der Waals surface area (Å²) in [5.41, 5.74) is 2.38. The third kappa shape index (κ3) is 2.38. The molecule has 18 heavy (non-hydrogen) atoms. The minimum atomic E-state index is -0.225. The smallest absolute Gasteiger partial charge is 0.291 e. The first-order chi connectivity index (χ1) is 8.52. The second kappa shape index (κ2) is 5.06. The molecule has 2 rings (SSSR count). The zero-order chi connectivity index (χ0) is 13.3. The molecule has 0 aliphatic rings. The average Bonchev–Trinajstić information content (AvgIpc) is 2.80. The molecule has 0 amide bonds. The maximum absolute atomic E-state index is 11.9. The van der Waals surface area contributed by atoms with Crippen molar-refractivity contribution in [2.45, 2.75) is 33.9 Å². The van der Waals surface area contributed by atoms with Gasteiger partial charge in [-0.3, -0.25) is 9.25 Å². The van der Waals surface area contributed by atoms with Crippen LogP contribution in [0.5, 0.6) is 0 Å². The van der Waals surface area contributed by atoms with Crippen LogP contribution < -0.4 is 5.69 Å². The van der Waals surface area contributed by atoms with Crippen LogP contribution in [0.3, 0.4) is 0 Å². The third-order valence-electron chi connectivity index (χ3n) is 2.89. The van der Waals surface area contributed by atoms with Crippen molar-refractivity contribution in [3.05, 3.63) is 44.3 Å². The molecule has 2 heterocycles. The van der Waals surface area contributed by atoms with Gasteiger partial charge >= 0.3 is 5.69 Å². The first kappa shape index (κ1) is 13.0. The molecule has 0 spiro atoms. The lowest BCUT2D eigenvalue weighted by atomic mass is 10.3. The second-order valence-corrected chi connectivity index (χ2v) is 4.96. The standard InChI is InChI=1S/C12H15BrN4O/c1-4-16-6-10(5-14-16)7-17-9(3)11(13)8(2)15-12(17)18/h5-6H,4,7H2,1-3H3. The van der Waals surface area contributed by atoms with Gasteiger partial charge in [0, 0.05) is 24.0 Å². The van der Waals surface area contributed by atoms with Crippen molar-refractivity contribution in [2.24, 2.45) is 0 Å². The summed E-state index contributed by atoms with van der Waals surface area (Å²) in [4.78, 5) is 15.9. The Bertz CT molecular complexity index is 629. The Kier molecular flexibility index (Phi) is 3.65. The van der Waals surface area contributed by atoms with E-state index in [2.05, 4.69) is 26.0 Å². The van der Waals surface area contributed by atoms with Crippen molar-refractivity contribution in [2.75, 3.05) is 0 Å². The molecule has 2 aromatic rings. The molecule has 0 unspecified atom stereocenters. The molecule has 0 aromatic carbocycles. The van der Waals surface area contributed by atoms with Gasteiger partial charge in [-0.25, -0.2) is 4.79 Å². The van der Waals surface area contributed by atoms with E-state index in [1.165, 1.54) is 0 Å². The number of rotatable bonds is 3. The first-order valence-corrected chi connectivity index (χ1v) is 6.57. The first-order valence-electron chi connectivity index (χ1n) is 5.77. The summed E-state index contributed by atoms with van der Waals surface area (Å²) in [7, 11) is 0. The summed E-state index contributed by atoms with van der Waals surface area (Å²) in [6.07, 6.45) is 3.72. The van der Waals surface area contributed by atoms with Crippen LogP contribution in [0.15, 0.2) is 21.7 Å². The number of aryl methyl sites for hydroxylation is 2. The van der Waals surface area contributed by atoms with Crippen LogP contribution in [-0.4, -0.2) is 19.3 Å². The van der Waals surface area contributed by atoms with Gasteiger partial charge in [0.1, 0.15) is 0 Å². The number of hydrogen-bond donors (Lipinski definition) is 0. The van der Waals surface area contributed by atoms with Crippen LogP contribution in [-0.2, 0) is 13.1 Å². The molecule has 2 aromatic heterocycles. The van der Waals surface area contributed by atoms with Gasteiger partial charge in [0.2, 0.25) is 0 Å². The monoisotopic (exact) mass is 310 g/mol. The molecule has 0 aliphatic heterocycles. The van der Waals surface area contributed by atoms with Gasteiger partial charge < -0.3 is 0 Å². The Morgan fingerprint density at radius 3 is 2.72 bits per heavy atom. The Hall–Kier alpha value is -1.43. The third-order valence-corrected chi connectivity index (χ3v) is 4.03. The van der Waals surface area contributed by atoms with Crippen molar-refractivity contribution in [1.29, 1.82) is 0 Å². The molecule has 6 heteroatoms. The summed E-state index contributed by atoms with van der Waals surface area (Å²) >= 11 is 3.45. The van der Waals surface area contributed by atoms with Gasteiger partial charge in [0.25, 0.3) is 0 Å².